The van der Waals surface area contributed by atoms with Crippen molar-refractivity contribution in [3.05, 3.63) is 24.3 Å². The van der Waals surface area contributed by atoms with Gasteiger partial charge in [0.05, 0.1) is 10.8 Å². The van der Waals surface area contributed by atoms with Crippen LogP contribution in [0.15, 0.2) is 29.2 Å². The van der Waals surface area contributed by atoms with Crippen molar-refractivity contribution in [1.29, 1.82) is 0 Å². The van der Waals surface area contributed by atoms with E-state index < -0.39 is 10.8 Å². The van der Waals surface area contributed by atoms with E-state index >= 15 is 0 Å². The third-order valence-corrected chi connectivity index (χ3v) is 3.35. The normalized spacial score (nSPS) is 13.2. The van der Waals surface area contributed by atoms with E-state index in [1.54, 1.807) is 12.1 Å². The highest BCUT2D eigenvalue weighted by atomic mass is 32.2. The minimum Gasteiger partial charge on any atom is -0.399 e. The summed E-state index contributed by atoms with van der Waals surface area (Å²) in [5.74, 6) is 1.14. The predicted octanol–water partition coefficient (Wildman–Crippen LogP) is 2.03. The third-order valence-electron chi connectivity index (χ3n) is 1.61. The van der Waals surface area contributed by atoms with Gasteiger partial charge in [0.15, 0.2) is 0 Å². The molecule has 1 aromatic rings. The first-order chi connectivity index (χ1) is 6.09. The van der Waals surface area contributed by atoms with Gasteiger partial charge in [-0.05, 0) is 24.1 Å². The average molecular weight is 197 g/mol. The van der Waals surface area contributed by atoms with Crippen molar-refractivity contribution < 1.29 is 4.21 Å². The fraction of sp³-hybridized carbons (Fsp3) is 0.400. The Morgan fingerprint density at radius 1 is 1.46 bits per heavy atom. The Morgan fingerprint density at radius 3 is 2.69 bits per heavy atom. The molecule has 0 saturated carbocycles. The van der Waals surface area contributed by atoms with E-state index in [2.05, 4.69) is 13.8 Å². The average Bonchev–Trinajstić information content (AvgIpc) is 2.03. The first-order valence-electron chi connectivity index (χ1n) is 4.33. The van der Waals surface area contributed by atoms with E-state index in [0.29, 0.717) is 17.4 Å². The van der Waals surface area contributed by atoms with Crippen LogP contribution in [0.25, 0.3) is 0 Å². The van der Waals surface area contributed by atoms with Crippen molar-refractivity contribution in [2.45, 2.75) is 18.7 Å². The first-order valence-corrected chi connectivity index (χ1v) is 5.65. The van der Waals surface area contributed by atoms with E-state index in [9.17, 15) is 4.21 Å². The van der Waals surface area contributed by atoms with E-state index in [1.807, 2.05) is 12.1 Å². The maximum Gasteiger partial charge on any atom is 0.0532 e. The van der Waals surface area contributed by atoms with Crippen LogP contribution >= 0.6 is 0 Å². The van der Waals surface area contributed by atoms with Crippen molar-refractivity contribution in [3.8, 4) is 0 Å². The summed E-state index contributed by atoms with van der Waals surface area (Å²) in [6.45, 7) is 4.12. The molecule has 0 spiro atoms. The first kappa shape index (κ1) is 10.3. The van der Waals surface area contributed by atoms with Gasteiger partial charge < -0.3 is 5.73 Å². The highest BCUT2D eigenvalue weighted by Crippen LogP contribution is 2.12. The molecule has 0 aliphatic heterocycles. The number of rotatable bonds is 3. The Morgan fingerprint density at radius 2 is 2.15 bits per heavy atom. The zero-order valence-corrected chi connectivity index (χ0v) is 8.80. The van der Waals surface area contributed by atoms with E-state index in [1.165, 1.54) is 0 Å². The summed E-state index contributed by atoms with van der Waals surface area (Å²) in [5, 5.41) is 0. The van der Waals surface area contributed by atoms with Gasteiger partial charge in [-0.3, -0.25) is 4.21 Å². The molecular formula is C10H15NOS. The molecule has 0 bridgehead atoms. The minimum absolute atomic E-state index is 0.447. The lowest BCUT2D eigenvalue weighted by Crippen LogP contribution is -2.04. The molecule has 2 N–H and O–H groups in total. The van der Waals surface area contributed by atoms with Gasteiger partial charge in [-0.2, -0.15) is 0 Å². The Labute approximate surface area is 81.6 Å². The second-order valence-electron chi connectivity index (χ2n) is 3.48. The lowest BCUT2D eigenvalue weighted by molar-refractivity contribution is 0.665. The number of anilines is 1. The summed E-state index contributed by atoms with van der Waals surface area (Å²) < 4.78 is 11.7. The van der Waals surface area contributed by atoms with E-state index in [0.717, 1.165) is 4.90 Å². The molecule has 0 saturated heterocycles. The highest BCUT2D eigenvalue weighted by molar-refractivity contribution is 7.85. The zero-order valence-electron chi connectivity index (χ0n) is 7.99. The summed E-state index contributed by atoms with van der Waals surface area (Å²) in [4.78, 5) is 0.828. The number of nitrogens with two attached hydrogens (primary N) is 1. The molecule has 0 amide bonds. The topological polar surface area (TPSA) is 43.1 Å². The molecule has 1 aromatic carbocycles. The Bertz CT molecular complexity index is 310. The third kappa shape index (κ3) is 3.19. The number of benzene rings is 1. The second-order valence-corrected chi connectivity index (χ2v) is 4.97. The lowest BCUT2D eigenvalue weighted by atomic mass is 10.3. The summed E-state index contributed by atoms with van der Waals surface area (Å²) in [5.41, 5.74) is 6.27. The molecule has 1 unspecified atom stereocenters. The SMILES string of the molecule is CC(C)CS(=O)c1cccc(N)c1. The minimum atomic E-state index is -0.904. The molecule has 1 atom stereocenters. The fourth-order valence-corrected chi connectivity index (χ4v) is 2.35. The maximum absolute atomic E-state index is 11.7. The van der Waals surface area contributed by atoms with Crippen LogP contribution in [-0.2, 0) is 10.8 Å². The standard InChI is InChI=1S/C10H15NOS/c1-8(2)7-13(12)10-5-3-4-9(11)6-10/h3-6,8H,7,11H2,1-2H3. The van der Waals surface area contributed by atoms with Gasteiger partial charge in [-0.25, -0.2) is 0 Å². The number of hydrogen-bond donors (Lipinski definition) is 1. The molecule has 0 radical (unpaired) electrons. The molecule has 2 nitrogen and oxygen atoms in total. The van der Waals surface area contributed by atoms with Crippen molar-refractivity contribution in [3.63, 3.8) is 0 Å². The van der Waals surface area contributed by atoms with Crippen molar-refractivity contribution in [2.75, 3.05) is 11.5 Å². The van der Waals surface area contributed by atoms with Gasteiger partial charge in [-0.1, -0.05) is 19.9 Å². The van der Waals surface area contributed by atoms with Crippen LogP contribution in [0, 0.1) is 5.92 Å². The van der Waals surface area contributed by atoms with Crippen LogP contribution < -0.4 is 5.73 Å². The van der Waals surface area contributed by atoms with Gasteiger partial charge in [0, 0.05) is 16.3 Å². The maximum atomic E-state index is 11.7. The van der Waals surface area contributed by atoms with Crippen LogP contribution in [0.2, 0.25) is 0 Å². The van der Waals surface area contributed by atoms with Crippen molar-refractivity contribution in [1.82, 2.24) is 0 Å². The highest BCUT2D eigenvalue weighted by Gasteiger charge is 2.05. The Balaban J connectivity index is 2.77. The lowest BCUT2D eigenvalue weighted by Gasteiger charge is -2.05. The zero-order chi connectivity index (χ0) is 9.84. The predicted molar refractivity (Wildman–Crippen MR) is 57.0 cm³/mol. The monoisotopic (exact) mass is 197 g/mol. The quantitative estimate of drug-likeness (QED) is 0.753. The van der Waals surface area contributed by atoms with Gasteiger partial charge >= 0.3 is 0 Å². The summed E-state index contributed by atoms with van der Waals surface area (Å²) in [6, 6.07) is 7.27. The van der Waals surface area contributed by atoms with E-state index in [-0.39, 0.29) is 0 Å². The van der Waals surface area contributed by atoms with Crippen LogP contribution in [-0.4, -0.2) is 9.96 Å². The number of nitrogen functional groups attached to an aromatic ring is 1. The Kier molecular flexibility index (Phi) is 3.48. The molecule has 0 aliphatic rings. The molecule has 13 heavy (non-hydrogen) atoms. The van der Waals surface area contributed by atoms with Gasteiger partial charge in [0.25, 0.3) is 0 Å². The van der Waals surface area contributed by atoms with Crippen molar-refractivity contribution >= 4 is 16.5 Å². The molecule has 0 heterocycles. The van der Waals surface area contributed by atoms with Gasteiger partial charge in [0.1, 0.15) is 0 Å². The fourth-order valence-electron chi connectivity index (χ4n) is 1.06. The number of hydrogen-bond acceptors (Lipinski definition) is 2. The largest absolute Gasteiger partial charge is 0.399 e. The Hall–Kier alpha value is -0.830. The van der Waals surface area contributed by atoms with Crippen LogP contribution in [0.3, 0.4) is 0 Å². The molecule has 3 heteroatoms. The van der Waals surface area contributed by atoms with Crippen LogP contribution in [0.1, 0.15) is 13.8 Å². The molecule has 0 fully saturated rings. The molecule has 0 aliphatic carbocycles. The summed E-state index contributed by atoms with van der Waals surface area (Å²) >= 11 is 0. The van der Waals surface area contributed by atoms with Gasteiger partial charge in [-0.15, -0.1) is 0 Å². The summed E-state index contributed by atoms with van der Waals surface area (Å²) in [6.07, 6.45) is 0. The second kappa shape index (κ2) is 4.42. The molecule has 1 rings (SSSR count). The molecular weight excluding hydrogens is 182 g/mol. The van der Waals surface area contributed by atoms with Gasteiger partial charge in [0.2, 0.25) is 0 Å². The molecule has 0 aromatic heterocycles. The van der Waals surface area contributed by atoms with Crippen LogP contribution in [0.4, 0.5) is 5.69 Å². The van der Waals surface area contributed by atoms with Crippen LogP contribution in [0.5, 0.6) is 0 Å². The van der Waals surface area contributed by atoms with E-state index in [4.69, 9.17) is 5.73 Å². The van der Waals surface area contributed by atoms with Crippen molar-refractivity contribution in [2.24, 2.45) is 5.92 Å². The smallest absolute Gasteiger partial charge is 0.0532 e. The summed E-state index contributed by atoms with van der Waals surface area (Å²) in [7, 11) is -0.904. The molecule has 72 valence electrons.